The first-order chi connectivity index (χ1) is 12.6. The van der Waals surface area contributed by atoms with Crippen molar-refractivity contribution in [3.63, 3.8) is 0 Å². The standard InChI is InChI=1S/C21H19NO4/c23-20(24)13-9-10-19-17(11-13)16-7-3-4-8-18(16)22(19)12-14-5-1-2-6-15(14)21(25)26/h1-2,5-6,9-11H,3-4,7-8,12H2,(H,23,24)(H,25,26). The molecule has 1 aromatic heterocycles. The van der Waals surface area contributed by atoms with Crippen LogP contribution in [0.15, 0.2) is 42.5 Å². The van der Waals surface area contributed by atoms with Crippen molar-refractivity contribution >= 4 is 22.8 Å². The summed E-state index contributed by atoms with van der Waals surface area (Å²) in [5.41, 5.74) is 4.74. The van der Waals surface area contributed by atoms with Crippen molar-refractivity contribution in [2.75, 3.05) is 0 Å². The number of aromatic nitrogens is 1. The normalized spacial score (nSPS) is 13.5. The van der Waals surface area contributed by atoms with Gasteiger partial charge in [-0.1, -0.05) is 18.2 Å². The molecule has 1 aliphatic carbocycles. The Balaban J connectivity index is 1.90. The van der Waals surface area contributed by atoms with E-state index in [1.807, 2.05) is 18.2 Å². The summed E-state index contributed by atoms with van der Waals surface area (Å²) in [6.45, 7) is 0.473. The van der Waals surface area contributed by atoms with Crippen LogP contribution in [0.3, 0.4) is 0 Å². The Bertz CT molecular complexity index is 1030. The van der Waals surface area contributed by atoms with E-state index in [-0.39, 0.29) is 5.56 Å². The molecule has 3 aromatic rings. The van der Waals surface area contributed by atoms with E-state index in [0.29, 0.717) is 12.1 Å². The minimum absolute atomic E-state index is 0.286. The largest absolute Gasteiger partial charge is 0.478 e. The highest BCUT2D eigenvalue weighted by Crippen LogP contribution is 2.33. The smallest absolute Gasteiger partial charge is 0.336 e. The number of carbonyl (C=O) groups is 2. The van der Waals surface area contributed by atoms with Crippen LogP contribution in [-0.2, 0) is 19.4 Å². The molecule has 26 heavy (non-hydrogen) atoms. The molecule has 0 radical (unpaired) electrons. The molecular formula is C21H19NO4. The molecule has 0 saturated carbocycles. The molecule has 1 heterocycles. The van der Waals surface area contributed by atoms with Crippen molar-refractivity contribution in [1.29, 1.82) is 0 Å². The van der Waals surface area contributed by atoms with E-state index in [1.54, 1.807) is 24.3 Å². The van der Waals surface area contributed by atoms with Gasteiger partial charge in [-0.25, -0.2) is 9.59 Å². The minimum atomic E-state index is -0.931. The van der Waals surface area contributed by atoms with E-state index in [9.17, 15) is 19.8 Å². The topological polar surface area (TPSA) is 79.5 Å². The second-order valence-electron chi connectivity index (χ2n) is 6.72. The fourth-order valence-electron chi connectivity index (χ4n) is 3.99. The van der Waals surface area contributed by atoms with Crippen LogP contribution in [0.25, 0.3) is 10.9 Å². The highest BCUT2D eigenvalue weighted by Gasteiger charge is 2.22. The van der Waals surface area contributed by atoms with Crippen LogP contribution >= 0.6 is 0 Å². The maximum absolute atomic E-state index is 11.5. The van der Waals surface area contributed by atoms with Crippen molar-refractivity contribution in [3.05, 3.63) is 70.4 Å². The summed E-state index contributed by atoms with van der Waals surface area (Å²) < 4.78 is 2.16. The molecule has 0 amide bonds. The molecular weight excluding hydrogens is 330 g/mol. The Morgan fingerprint density at radius 2 is 1.73 bits per heavy atom. The van der Waals surface area contributed by atoms with Crippen LogP contribution in [0.2, 0.25) is 0 Å². The van der Waals surface area contributed by atoms with Crippen LogP contribution in [0.1, 0.15) is 50.4 Å². The van der Waals surface area contributed by atoms with Gasteiger partial charge in [0.15, 0.2) is 0 Å². The first-order valence-electron chi connectivity index (χ1n) is 8.74. The number of fused-ring (bicyclic) bond motifs is 3. The molecule has 1 aliphatic rings. The van der Waals surface area contributed by atoms with Crippen LogP contribution in [0.5, 0.6) is 0 Å². The zero-order valence-corrected chi connectivity index (χ0v) is 14.2. The Kier molecular flexibility index (Phi) is 3.99. The van der Waals surface area contributed by atoms with Crippen molar-refractivity contribution in [1.82, 2.24) is 4.57 Å². The molecule has 2 aromatic carbocycles. The third-order valence-corrected chi connectivity index (χ3v) is 5.20. The summed E-state index contributed by atoms with van der Waals surface area (Å²) in [5.74, 6) is -1.86. The number of aryl methyl sites for hydroxylation is 1. The molecule has 0 aliphatic heterocycles. The van der Waals surface area contributed by atoms with Gasteiger partial charge in [-0.3, -0.25) is 0 Å². The van der Waals surface area contributed by atoms with Gasteiger partial charge in [-0.15, -0.1) is 0 Å². The third kappa shape index (κ3) is 2.65. The van der Waals surface area contributed by atoms with Gasteiger partial charge in [0.1, 0.15) is 0 Å². The molecule has 132 valence electrons. The summed E-state index contributed by atoms with van der Waals surface area (Å²) >= 11 is 0. The fourth-order valence-corrected chi connectivity index (χ4v) is 3.99. The van der Waals surface area contributed by atoms with Crippen LogP contribution in [0, 0.1) is 0 Å². The molecule has 0 unspecified atom stereocenters. The van der Waals surface area contributed by atoms with Gasteiger partial charge in [0.25, 0.3) is 0 Å². The van der Waals surface area contributed by atoms with Crippen LogP contribution < -0.4 is 0 Å². The first kappa shape index (κ1) is 16.4. The van der Waals surface area contributed by atoms with E-state index in [4.69, 9.17) is 0 Å². The summed E-state index contributed by atoms with van der Waals surface area (Å²) in [4.78, 5) is 22.9. The highest BCUT2D eigenvalue weighted by molar-refractivity contribution is 5.96. The lowest BCUT2D eigenvalue weighted by molar-refractivity contribution is 0.0685. The maximum Gasteiger partial charge on any atom is 0.336 e. The number of rotatable bonds is 4. The van der Waals surface area contributed by atoms with Gasteiger partial charge < -0.3 is 14.8 Å². The van der Waals surface area contributed by atoms with Crippen LogP contribution in [-0.4, -0.2) is 26.7 Å². The summed E-state index contributed by atoms with van der Waals surface area (Å²) in [6, 6.07) is 12.3. The van der Waals surface area contributed by atoms with Crippen molar-refractivity contribution < 1.29 is 19.8 Å². The molecule has 0 bridgehead atoms. The SMILES string of the molecule is O=C(O)c1ccc2c(c1)c1c(n2Cc2ccccc2C(=O)O)CCCC1. The van der Waals surface area contributed by atoms with Gasteiger partial charge in [-0.2, -0.15) is 0 Å². The number of nitrogens with zero attached hydrogens (tertiary/aromatic N) is 1. The average Bonchev–Trinajstić information content (AvgIpc) is 2.95. The average molecular weight is 349 g/mol. The first-order valence-corrected chi connectivity index (χ1v) is 8.74. The predicted octanol–water partition coefficient (Wildman–Crippen LogP) is 3.96. The molecule has 0 atom stereocenters. The quantitative estimate of drug-likeness (QED) is 0.747. The van der Waals surface area contributed by atoms with Gasteiger partial charge in [-0.05, 0) is 61.1 Å². The molecule has 5 heteroatoms. The van der Waals surface area contributed by atoms with E-state index >= 15 is 0 Å². The van der Waals surface area contributed by atoms with E-state index in [1.165, 1.54) is 11.3 Å². The van der Waals surface area contributed by atoms with Gasteiger partial charge in [0.05, 0.1) is 11.1 Å². The maximum atomic E-state index is 11.5. The second kappa shape index (κ2) is 6.33. The Labute approximate surface area is 150 Å². The Hall–Kier alpha value is -3.08. The number of benzene rings is 2. The number of aromatic carboxylic acids is 2. The Morgan fingerprint density at radius 3 is 2.50 bits per heavy atom. The number of carboxylic acids is 2. The molecule has 4 rings (SSSR count). The summed E-state index contributed by atoms with van der Waals surface area (Å²) in [5, 5.41) is 19.8. The molecule has 5 nitrogen and oxygen atoms in total. The molecule has 2 N–H and O–H groups in total. The van der Waals surface area contributed by atoms with E-state index in [2.05, 4.69) is 4.57 Å². The lowest BCUT2D eigenvalue weighted by Gasteiger charge is -2.17. The van der Waals surface area contributed by atoms with Crippen molar-refractivity contribution in [2.24, 2.45) is 0 Å². The molecule has 0 fully saturated rings. The summed E-state index contributed by atoms with van der Waals surface area (Å²) in [6.07, 6.45) is 4.05. The van der Waals surface area contributed by atoms with Crippen LogP contribution in [0.4, 0.5) is 0 Å². The highest BCUT2D eigenvalue weighted by atomic mass is 16.4. The molecule has 0 spiro atoms. The van der Waals surface area contributed by atoms with Crippen molar-refractivity contribution in [2.45, 2.75) is 32.2 Å². The fraction of sp³-hybridized carbons (Fsp3) is 0.238. The zero-order valence-electron chi connectivity index (χ0n) is 14.2. The van der Waals surface area contributed by atoms with E-state index < -0.39 is 11.9 Å². The number of hydrogen-bond acceptors (Lipinski definition) is 2. The third-order valence-electron chi connectivity index (χ3n) is 5.20. The Morgan fingerprint density at radius 1 is 0.962 bits per heavy atom. The predicted molar refractivity (Wildman–Crippen MR) is 98.0 cm³/mol. The summed E-state index contributed by atoms with van der Waals surface area (Å²) in [7, 11) is 0. The lowest BCUT2D eigenvalue weighted by Crippen LogP contribution is -2.12. The number of carboxylic acid groups (broad SMARTS) is 2. The monoisotopic (exact) mass is 349 g/mol. The van der Waals surface area contributed by atoms with Gasteiger partial charge >= 0.3 is 11.9 Å². The van der Waals surface area contributed by atoms with Gasteiger partial charge in [0.2, 0.25) is 0 Å². The lowest BCUT2D eigenvalue weighted by atomic mass is 9.95. The van der Waals surface area contributed by atoms with E-state index in [0.717, 1.165) is 42.1 Å². The zero-order chi connectivity index (χ0) is 18.3. The molecule has 0 saturated heterocycles. The number of hydrogen-bond donors (Lipinski definition) is 2. The van der Waals surface area contributed by atoms with Gasteiger partial charge in [0, 0.05) is 23.1 Å². The minimum Gasteiger partial charge on any atom is -0.478 e. The van der Waals surface area contributed by atoms with Crippen molar-refractivity contribution in [3.8, 4) is 0 Å². The second-order valence-corrected chi connectivity index (χ2v) is 6.72.